The lowest BCUT2D eigenvalue weighted by atomic mass is 9.81. The van der Waals surface area contributed by atoms with Crippen LogP contribution in [0.2, 0.25) is 0 Å². The van der Waals surface area contributed by atoms with Gasteiger partial charge in [-0.2, -0.15) is 0 Å². The minimum absolute atomic E-state index is 0.00948. The summed E-state index contributed by atoms with van der Waals surface area (Å²) in [6.07, 6.45) is 2.18. The van der Waals surface area contributed by atoms with Crippen molar-refractivity contribution >= 4 is 0 Å². The van der Waals surface area contributed by atoms with Gasteiger partial charge in [-0.25, -0.2) is 19.6 Å². The Morgan fingerprint density at radius 1 is 0.533 bits per heavy atom. The molecule has 6 heteroatoms. The zero-order chi connectivity index (χ0) is 23.5. The van der Waals surface area contributed by atoms with Gasteiger partial charge in [-0.05, 0) is 62.2 Å². The highest BCUT2D eigenvalue weighted by atomic mass is 17.2. The summed E-state index contributed by atoms with van der Waals surface area (Å²) in [5, 5.41) is 20.2. The van der Waals surface area contributed by atoms with Gasteiger partial charge in [0.2, 0.25) is 0 Å². The molecule has 2 N–H and O–H groups in total. The Morgan fingerprint density at radius 2 is 0.833 bits per heavy atom. The van der Waals surface area contributed by atoms with E-state index in [1.807, 2.05) is 13.8 Å². The highest BCUT2D eigenvalue weighted by molar-refractivity contribution is 4.72. The van der Waals surface area contributed by atoms with E-state index in [0.29, 0.717) is 37.5 Å². The van der Waals surface area contributed by atoms with Crippen LogP contribution in [0.1, 0.15) is 108 Å². The Kier molecular flexibility index (Phi) is 13.9. The molecule has 0 bridgehead atoms. The van der Waals surface area contributed by atoms with Gasteiger partial charge in [-0.3, -0.25) is 0 Å². The molecule has 0 aliphatic carbocycles. The number of hydrogen-bond acceptors (Lipinski definition) is 6. The standard InChI is InChI=1S/C24H50O6/c1-17(2)13-23(7,8)15-21(25)29-27-19(5)11-12-20(6)28-30-22(26)16-24(9,10)14-18(3)4/h17-22,25-26H,11-16H2,1-10H3. The smallest absolute Gasteiger partial charge is 0.189 e. The second-order valence-corrected chi connectivity index (χ2v) is 11.4. The van der Waals surface area contributed by atoms with Crippen LogP contribution in [0.4, 0.5) is 0 Å². The Hall–Kier alpha value is -0.240. The van der Waals surface area contributed by atoms with Crippen molar-refractivity contribution in [3.63, 3.8) is 0 Å². The molecule has 30 heavy (non-hydrogen) atoms. The van der Waals surface area contributed by atoms with Crippen LogP contribution in [-0.4, -0.2) is 35.0 Å². The molecule has 0 spiro atoms. The van der Waals surface area contributed by atoms with E-state index in [-0.39, 0.29) is 23.0 Å². The van der Waals surface area contributed by atoms with E-state index in [1.165, 1.54) is 0 Å². The summed E-state index contributed by atoms with van der Waals surface area (Å²) < 4.78 is 0. The van der Waals surface area contributed by atoms with Crippen molar-refractivity contribution < 1.29 is 29.8 Å². The highest BCUT2D eigenvalue weighted by Crippen LogP contribution is 2.32. The van der Waals surface area contributed by atoms with Crippen molar-refractivity contribution in [2.75, 3.05) is 0 Å². The normalized spacial score (nSPS) is 17.4. The molecule has 4 atom stereocenters. The van der Waals surface area contributed by atoms with Crippen molar-refractivity contribution in [2.45, 2.75) is 133 Å². The summed E-state index contributed by atoms with van der Waals surface area (Å²) in [6.45, 7) is 21.0. The predicted octanol–water partition coefficient (Wildman–Crippen LogP) is 6.00. The third-order valence-electron chi connectivity index (χ3n) is 5.02. The zero-order valence-corrected chi connectivity index (χ0v) is 21.2. The third-order valence-corrected chi connectivity index (χ3v) is 5.02. The van der Waals surface area contributed by atoms with Gasteiger partial charge < -0.3 is 10.2 Å². The van der Waals surface area contributed by atoms with Crippen LogP contribution in [0.3, 0.4) is 0 Å². The molecule has 0 aliphatic heterocycles. The Morgan fingerprint density at radius 3 is 1.10 bits per heavy atom. The summed E-state index contributed by atoms with van der Waals surface area (Å²) in [5.74, 6) is 1.13. The maximum atomic E-state index is 10.1. The van der Waals surface area contributed by atoms with Gasteiger partial charge in [0.25, 0.3) is 0 Å². The summed E-state index contributed by atoms with van der Waals surface area (Å²) in [4.78, 5) is 21.0. The molecule has 0 aliphatic rings. The molecule has 0 aromatic carbocycles. The largest absolute Gasteiger partial charge is 0.366 e. The van der Waals surface area contributed by atoms with E-state index in [1.54, 1.807) is 0 Å². The molecular weight excluding hydrogens is 384 g/mol. The quantitative estimate of drug-likeness (QED) is 0.166. The lowest BCUT2D eigenvalue weighted by Crippen LogP contribution is -2.27. The average Bonchev–Trinajstić information content (AvgIpc) is 2.52. The van der Waals surface area contributed by atoms with Crippen molar-refractivity contribution in [1.29, 1.82) is 0 Å². The lowest BCUT2D eigenvalue weighted by molar-refractivity contribution is -0.401. The first kappa shape index (κ1) is 29.8. The van der Waals surface area contributed by atoms with Crippen LogP contribution in [0.25, 0.3) is 0 Å². The maximum absolute atomic E-state index is 10.1. The minimum atomic E-state index is -0.942. The van der Waals surface area contributed by atoms with E-state index < -0.39 is 12.6 Å². The molecule has 0 aromatic heterocycles. The second kappa shape index (κ2) is 14.0. The Labute approximate surface area is 185 Å². The van der Waals surface area contributed by atoms with Gasteiger partial charge in [-0.15, -0.1) is 0 Å². The van der Waals surface area contributed by atoms with Crippen LogP contribution in [0.5, 0.6) is 0 Å². The number of aliphatic hydroxyl groups is 2. The summed E-state index contributed by atoms with van der Waals surface area (Å²) in [6, 6.07) is 0. The van der Waals surface area contributed by atoms with E-state index >= 15 is 0 Å². The first-order valence-corrected chi connectivity index (χ1v) is 11.6. The molecule has 0 heterocycles. The van der Waals surface area contributed by atoms with Gasteiger partial charge in [0.05, 0.1) is 12.2 Å². The fourth-order valence-corrected chi connectivity index (χ4v) is 4.27. The van der Waals surface area contributed by atoms with Crippen molar-refractivity contribution in [3.8, 4) is 0 Å². The van der Waals surface area contributed by atoms with Crippen LogP contribution < -0.4 is 0 Å². The maximum Gasteiger partial charge on any atom is 0.189 e. The second-order valence-electron chi connectivity index (χ2n) is 11.4. The third kappa shape index (κ3) is 16.5. The van der Waals surface area contributed by atoms with E-state index in [9.17, 15) is 10.2 Å². The molecule has 182 valence electrons. The molecule has 4 unspecified atom stereocenters. The zero-order valence-electron chi connectivity index (χ0n) is 21.2. The Balaban J connectivity index is 4.06. The average molecular weight is 435 g/mol. The van der Waals surface area contributed by atoms with E-state index in [0.717, 1.165) is 12.8 Å². The summed E-state index contributed by atoms with van der Waals surface area (Å²) >= 11 is 0. The molecular formula is C24H50O6. The fourth-order valence-electron chi connectivity index (χ4n) is 4.27. The van der Waals surface area contributed by atoms with Gasteiger partial charge in [0.15, 0.2) is 12.6 Å². The van der Waals surface area contributed by atoms with E-state index in [2.05, 4.69) is 55.4 Å². The van der Waals surface area contributed by atoms with Crippen LogP contribution in [0.15, 0.2) is 0 Å². The monoisotopic (exact) mass is 434 g/mol. The number of aliphatic hydroxyl groups excluding tert-OH is 2. The first-order chi connectivity index (χ1) is 13.6. The van der Waals surface area contributed by atoms with Crippen molar-refractivity contribution in [3.05, 3.63) is 0 Å². The topological polar surface area (TPSA) is 77.4 Å². The molecule has 0 saturated carbocycles. The molecule has 0 radical (unpaired) electrons. The minimum Gasteiger partial charge on any atom is -0.366 e. The molecule has 0 amide bonds. The first-order valence-electron chi connectivity index (χ1n) is 11.6. The number of rotatable bonds is 17. The highest BCUT2D eigenvalue weighted by Gasteiger charge is 2.26. The van der Waals surface area contributed by atoms with Gasteiger partial charge in [0.1, 0.15) is 0 Å². The SMILES string of the molecule is CC(C)CC(C)(C)CC(O)OOC(C)CCC(C)OOC(O)CC(C)(C)CC(C)C. The van der Waals surface area contributed by atoms with Gasteiger partial charge >= 0.3 is 0 Å². The predicted molar refractivity (Wildman–Crippen MR) is 120 cm³/mol. The van der Waals surface area contributed by atoms with Crippen LogP contribution >= 0.6 is 0 Å². The van der Waals surface area contributed by atoms with Gasteiger partial charge in [-0.1, -0.05) is 55.4 Å². The fraction of sp³-hybridized carbons (Fsp3) is 1.00. The molecule has 0 aromatic rings. The summed E-state index contributed by atoms with van der Waals surface area (Å²) in [7, 11) is 0. The molecule has 0 saturated heterocycles. The van der Waals surface area contributed by atoms with E-state index in [4.69, 9.17) is 19.6 Å². The number of hydrogen-bond donors (Lipinski definition) is 2. The lowest BCUT2D eigenvalue weighted by Gasteiger charge is -2.29. The van der Waals surface area contributed by atoms with Crippen molar-refractivity contribution in [2.24, 2.45) is 22.7 Å². The molecule has 6 nitrogen and oxygen atoms in total. The van der Waals surface area contributed by atoms with Crippen LogP contribution in [-0.2, 0) is 19.6 Å². The van der Waals surface area contributed by atoms with Gasteiger partial charge in [0, 0.05) is 12.8 Å². The molecule has 0 rings (SSSR count). The Bertz CT molecular complexity index is 395. The van der Waals surface area contributed by atoms with Crippen LogP contribution in [0, 0.1) is 22.7 Å². The molecule has 0 fully saturated rings. The summed E-state index contributed by atoms with van der Waals surface area (Å²) in [5.41, 5.74) is -0.0190. The van der Waals surface area contributed by atoms with Crippen molar-refractivity contribution in [1.82, 2.24) is 0 Å².